The van der Waals surface area contributed by atoms with E-state index in [1.165, 1.54) is 10.4 Å². The van der Waals surface area contributed by atoms with Gasteiger partial charge in [-0.25, -0.2) is 8.42 Å². The molecule has 1 aliphatic rings. The van der Waals surface area contributed by atoms with E-state index < -0.39 is 15.9 Å². The average Bonchev–Trinajstić information content (AvgIpc) is 3.07. The van der Waals surface area contributed by atoms with Gasteiger partial charge in [0.2, 0.25) is 10.0 Å². The van der Waals surface area contributed by atoms with Gasteiger partial charge in [-0.1, -0.05) is 12.5 Å². The predicted octanol–water partition coefficient (Wildman–Crippen LogP) is 2.48. The maximum atomic E-state index is 12.9. The number of hydrogen-bond donors (Lipinski definition) is 1. The fraction of sp³-hybridized carbons (Fsp3) is 0.444. The highest BCUT2D eigenvalue weighted by atomic mass is 32.2. The van der Waals surface area contributed by atoms with Gasteiger partial charge >= 0.3 is 0 Å². The van der Waals surface area contributed by atoms with Crippen LogP contribution in [-0.4, -0.2) is 43.5 Å². The van der Waals surface area contributed by atoms with Gasteiger partial charge in [0.15, 0.2) is 6.61 Å². The lowest BCUT2D eigenvalue weighted by molar-refractivity contribution is -0.118. The third-order valence-electron chi connectivity index (χ3n) is 4.36. The Bertz CT molecular complexity index is 917. The Hall–Kier alpha value is -2.39. The second-order valence-corrected chi connectivity index (χ2v) is 8.46. The smallest absolute Gasteiger partial charge is 0.262 e. The molecule has 2 aromatic rings. The van der Waals surface area contributed by atoms with Gasteiger partial charge in [-0.05, 0) is 49.5 Å². The van der Waals surface area contributed by atoms with Crippen LogP contribution in [0.2, 0.25) is 0 Å². The number of nitrogens with zero attached hydrogens (tertiary/aromatic N) is 2. The van der Waals surface area contributed by atoms with Crippen molar-refractivity contribution in [3.8, 4) is 5.88 Å². The van der Waals surface area contributed by atoms with E-state index in [1.807, 2.05) is 0 Å². The largest absolute Gasteiger partial charge is 0.465 e. The number of carbonyl (C=O) groups is 1. The number of nitrogens with one attached hydrogen (secondary N) is 1. The first-order valence-corrected chi connectivity index (χ1v) is 10.3. The molecule has 0 radical (unpaired) electrons. The van der Waals surface area contributed by atoms with Gasteiger partial charge in [0.1, 0.15) is 5.76 Å². The molecule has 0 bridgehead atoms. The zero-order chi connectivity index (χ0) is 19.4. The first-order valence-electron chi connectivity index (χ1n) is 8.83. The number of hydrogen-bond acceptors (Lipinski definition) is 6. The molecular formula is C18H23N3O5S. The third kappa shape index (κ3) is 4.67. The summed E-state index contributed by atoms with van der Waals surface area (Å²) >= 11 is 0. The second kappa shape index (κ2) is 8.10. The Balaban J connectivity index is 1.69. The molecule has 0 unspecified atom stereocenters. The Morgan fingerprint density at radius 3 is 2.63 bits per heavy atom. The van der Waals surface area contributed by atoms with Gasteiger partial charge in [-0.2, -0.15) is 4.31 Å². The first kappa shape index (κ1) is 19.4. The number of carbonyl (C=O) groups excluding carboxylic acids is 1. The molecule has 1 aromatic heterocycles. The number of rotatable bonds is 6. The second-order valence-electron chi connectivity index (χ2n) is 6.56. The summed E-state index contributed by atoms with van der Waals surface area (Å²) in [6.45, 7) is 4.27. The van der Waals surface area contributed by atoms with Crippen molar-refractivity contribution in [3.05, 3.63) is 35.6 Å². The summed E-state index contributed by atoms with van der Waals surface area (Å²) in [7, 11) is -3.58. The summed E-state index contributed by atoms with van der Waals surface area (Å²) in [6.07, 6.45) is 2.78. The quantitative estimate of drug-likeness (QED) is 0.809. The number of ether oxygens (including phenoxy) is 1. The fourth-order valence-electron chi connectivity index (χ4n) is 2.95. The van der Waals surface area contributed by atoms with E-state index in [9.17, 15) is 13.2 Å². The minimum Gasteiger partial charge on any atom is -0.465 e. The minimum absolute atomic E-state index is 0.218. The number of aryl methyl sites for hydroxylation is 2. The lowest BCUT2D eigenvalue weighted by Crippen LogP contribution is -2.36. The maximum Gasteiger partial charge on any atom is 0.262 e. The Morgan fingerprint density at radius 1 is 1.22 bits per heavy atom. The summed E-state index contributed by atoms with van der Waals surface area (Å²) in [6, 6.07) is 6.43. The number of piperidine rings is 1. The van der Waals surface area contributed by atoms with Crippen LogP contribution >= 0.6 is 0 Å². The molecule has 8 nitrogen and oxygen atoms in total. The molecule has 2 heterocycles. The van der Waals surface area contributed by atoms with Crippen molar-refractivity contribution in [1.82, 2.24) is 9.46 Å². The van der Waals surface area contributed by atoms with Crippen LogP contribution in [0.1, 0.15) is 30.6 Å². The van der Waals surface area contributed by atoms with E-state index in [1.54, 1.807) is 32.0 Å². The van der Waals surface area contributed by atoms with Crippen LogP contribution in [0, 0.1) is 13.8 Å². The van der Waals surface area contributed by atoms with Crippen molar-refractivity contribution in [2.24, 2.45) is 0 Å². The summed E-state index contributed by atoms with van der Waals surface area (Å²) in [5.41, 5.74) is 1.05. The van der Waals surface area contributed by atoms with Crippen LogP contribution in [-0.2, 0) is 14.8 Å². The Labute approximate surface area is 158 Å². The summed E-state index contributed by atoms with van der Waals surface area (Å²) in [4.78, 5) is 12.3. The van der Waals surface area contributed by atoms with Gasteiger partial charge < -0.3 is 14.6 Å². The molecule has 1 aliphatic heterocycles. The Morgan fingerprint density at radius 2 is 1.96 bits per heavy atom. The minimum atomic E-state index is -3.58. The van der Waals surface area contributed by atoms with Crippen molar-refractivity contribution < 1.29 is 22.5 Å². The third-order valence-corrected chi connectivity index (χ3v) is 6.40. The Kier molecular flexibility index (Phi) is 5.81. The van der Waals surface area contributed by atoms with E-state index in [2.05, 4.69) is 10.5 Å². The molecule has 1 saturated heterocycles. The standard InChI is InChI=1S/C18H23N3O5S/c1-13-6-7-15(19-17(22)12-25-18-10-14(2)26-20-18)11-16(13)27(23,24)21-8-4-3-5-9-21/h6-7,10-11H,3-5,8-9,12H2,1-2H3,(H,19,22). The van der Waals surface area contributed by atoms with Crippen molar-refractivity contribution >= 4 is 21.6 Å². The van der Waals surface area contributed by atoms with Gasteiger partial charge in [-0.3, -0.25) is 4.79 Å². The van der Waals surface area contributed by atoms with Crippen LogP contribution in [0.3, 0.4) is 0 Å². The van der Waals surface area contributed by atoms with Gasteiger partial charge in [0, 0.05) is 24.8 Å². The molecule has 0 atom stereocenters. The molecule has 3 rings (SSSR count). The highest BCUT2D eigenvalue weighted by Crippen LogP contribution is 2.26. The first-order chi connectivity index (χ1) is 12.9. The van der Waals surface area contributed by atoms with E-state index in [4.69, 9.17) is 9.26 Å². The number of benzene rings is 1. The molecule has 1 aromatic carbocycles. The molecule has 146 valence electrons. The number of aromatic nitrogens is 1. The molecule has 27 heavy (non-hydrogen) atoms. The normalized spacial score (nSPS) is 15.5. The van der Waals surface area contributed by atoms with E-state index >= 15 is 0 Å². The van der Waals surface area contributed by atoms with Crippen LogP contribution in [0.5, 0.6) is 5.88 Å². The van der Waals surface area contributed by atoms with Crippen molar-refractivity contribution in [1.29, 1.82) is 0 Å². The molecule has 0 spiro atoms. The van der Waals surface area contributed by atoms with Crippen LogP contribution in [0.4, 0.5) is 5.69 Å². The summed E-state index contributed by atoms with van der Waals surface area (Å²) in [5.74, 6) is 0.386. The molecule has 1 fully saturated rings. The number of anilines is 1. The topological polar surface area (TPSA) is 102 Å². The lowest BCUT2D eigenvalue weighted by atomic mass is 10.2. The predicted molar refractivity (Wildman–Crippen MR) is 99.2 cm³/mol. The number of amides is 1. The molecule has 1 N–H and O–H groups in total. The lowest BCUT2D eigenvalue weighted by Gasteiger charge is -2.26. The molecule has 9 heteroatoms. The van der Waals surface area contributed by atoms with Crippen molar-refractivity contribution in [2.45, 2.75) is 38.0 Å². The van der Waals surface area contributed by atoms with Gasteiger partial charge in [0.25, 0.3) is 11.8 Å². The van der Waals surface area contributed by atoms with Gasteiger partial charge in [0.05, 0.1) is 4.90 Å². The van der Waals surface area contributed by atoms with Gasteiger partial charge in [-0.15, -0.1) is 0 Å². The highest BCUT2D eigenvalue weighted by Gasteiger charge is 2.27. The molecule has 0 aliphatic carbocycles. The van der Waals surface area contributed by atoms with E-state index in [-0.39, 0.29) is 17.4 Å². The average molecular weight is 393 g/mol. The van der Waals surface area contributed by atoms with E-state index in [0.717, 1.165) is 19.3 Å². The molecule has 1 amide bonds. The van der Waals surface area contributed by atoms with Crippen LogP contribution < -0.4 is 10.1 Å². The fourth-order valence-corrected chi connectivity index (χ4v) is 4.72. The summed E-state index contributed by atoms with van der Waals surface area (Å²) in [5, 5.41) is 6.30. The highest BCUT2D eigenvalue weighted by molar-refractivity contribution is 7.89. The maximum absolute atomic E-state index is 12.9. The van der Waals surface area contributed by atoms with E-state index in [0.29, 0.717) is 30.1 Å². The van der Waals surface area contributed by atoms with Crippen LogP contribution in [0.25, 0.3) is 0 Å². The molecular weight excluding hydrogens is 370 g/mol. The zero-order valence-corrected chi connectivity index (χ0v) is 16.2. The number of sulfonamides is 1. The van der Waals surface area contributed by atoms with Crippen molar-refractivity contribution in [3.63, 3.8) is 0 Å². The zero-order valence-electron chi connectivity index (χ0n) is 15.4. The van der Waals surface area contributed by atoms with Crippen LogP contribution in [0.15, 0.2) is 33.7 Å². The van der Waals surface area contributed by atoms with Crippen molar-refractivity contribution in [2.75, 3.05) is 25.0 Å². The molecule has 0 saturated carbocycles. The summed E-state index contributed by atoms with van der Waals surface area (Å²) < 4.78 is 37.5. The monoisotopic (exact) mass is 393 g/mol. The SMILES string of the molecule is Cc1cc(OCC(=O)Nc2ccc(C)c(S(=O)(=O)N3CCCCC3)c2)no1.